The van der Waals surface area contributed by atoms with E-state index >= 15 is 0 Å². The fourth-order valence-electron chi connectivity index (χ4n) is 1.02. The van der Waals surface area contributed by atoms with Gasteiger partial charge in [0, 0.05) is 6.20 Å². The molecule has 2 aromatic heterocycles. The molecule has 5 nitrogen and oxygen atoms in total. The predicted octanol–water partition coefficient (Wildman–Crippen LogP) is 1.11. The Balaban J connectivity index is 2.72. The van der Waals surface area contributed by atoms with Crippen molar-refractivity contribution in [3.05, 3.63) is 18.0 Å². The van der Waals surface area contributed by atoms with Crippen LogP contribution in [-0.2, 0) is 11.1 Å². The van der Waals surface area contributed by atoms with Crippen LogP contribution in [0.25, 0.3) is 11.1 Å². The van der Waals surface area contributed by atoms with Gasteiger partial charge in [0.15, 0.2) is 11.1 Å². The van der Waals surface area contributed by atoms with Crippen LogP contribution in [0, 0.1) is 6.92 Å². The van der Waals surface area contributed by atoms with E-state index in [0.717, 1.165) is 0 Å². The second-order valence-corrected chi connectivity index (χ2v) is 3.51. The van der Waals surface area contributed by atoms with E-state index in [-0.39, 0.29) is 4.90 Å². The first-order chi connectivity index (χ1) is 6.18. The van der Waals surface area contributed by atoms with Crippen molar-refractivity contribution < 1.29 is 13.3 Å². The highest BCUT2D eigenvalue weighted by molar-refractivity contribution is 7.79. The van der Waals surface area contributed by atoms with E-state index in [1.165, 1.54) is 6.20 Å². The van der Waals surface area contributed by atoms with Gasteiger partial charge >= 0.3 is 0 Å². The third-order valence-electron chi connectivity index (χ3n) is 1.69. The van der Waals surface area contributed by atoms with Gasteiger partial charge in [0.05, 0.1) is 16.0 Å². The zero-order valence-electron chi connectivity index (χ0n) is 6.72. The van der Waals surface area contributed by atoms with Crippen molar-refractivity contribution in [3.63, 3.8) is 0 Å². The molecule has 0 saturated carbocycles. The number of hydrogen-bond acceptors (Lipinski definition) is 4. The molecule has 0 bridgehead atoms. The highest BCUT2D eigenvalue weighted by Crippen LogP contribution is 2.17. The van der Waals surface area contributed by atoms with Crippen molar-refractivity contribution in [1.82, 2.24) is 10.1 Å². The van der Waals surface area contributed by atoms with Crippen molar-refractivity contribution in [2.24, 2.45) is 0 Å². The zero-order chi connectivity index (χ0) is 9.42. The molecule has 2 heterocycles. The van der Waals surface area contributed by atoms with Crippen LogP contribution in [0.2, 0.25) is 0 Å². The van der Waals surface area contributed by atoms with Gasteiger partial charge in [-0.3, -0.25) is 0 Å². The van der Waals surface area contributed by atoms with E-state index in [2.05, 4.69) is 10.1 Å². The first kappa shape index (κ1) is 8.33. The highest BCUT2D eigenvalue weighted by Gasteiger charge is 2.08. The summed E-state index contributed by atoms with van der Waals surface area (Å²) < 4.78 is 24.3. The Morgan fingerprint density at radius 1 is 1.62 bits per heavy atom. The maximum atomic E-state index is 10.7. The van der Waals surface area contributed by atoms with Crippen molar-refractivity contribution in [1.29, 1.82) is 0 Å². The maximum Gasteiger partial charge on any atom is 0.257 e. The van der Waals surface area contributed by atoms with Crippen LogP contribution in [0.1, 0.15) is 5.69 Å². The maximum absolute atomic E-state index is 10.7. The summed E-state index contributed by atoms with van der Waals surface area (Å²) in [6, 6.07) is 1.55. The second-order valence-electron chi connectivity index (χ2n) is 2.54. The average molecular weight is 198 g/mol. The Bertz CT molecular complexity index is 480. The molecule has 0 amide bonds. The van der Waals surface area contributed by atoms with Gasteiger partial charge < -0.3 is 9.08 Å². The molecule has 0 spiro atoms. The van der Waals surface area contributed by atoms with Gasteiger partial charge in [0.2, 0.25) is 0 Å². The van der Waals surface area contributed by atoms with Gasteiger partial charge in [0.1, 0.15) is 0 Å². The minimum absolute atomic E-state index is 0.249. The zero-order valence-corrected chi connectivity index (χ0v) is 7.54. The Kier molecular flexibility index (Phi) is 1.86. The van der Waals surface area contributed by atoms with E-state index in [9.17, 15) is 4.21 Å². The van der Waals surface area contributed by atoms with Crippen LogP contribution in [0.4, 0.5) is 0 Å². The first-order valence-electron chi connectivity index (χ1n) is 3.51. The van der Waals surface area contributed by atoms with E-state index < -0.39 is 11.1 Å². The molecule has 1 unspecified atom stereocenters. The Labute approximate surface area is 76.0 Å². The third kappa shape index (κ3) is 1.34. The Hall–Kier alpha value is -1.27. The van der Waals surface area contributed by atoms with Crippen LogP contribution in [0.5, 0.6) is 0 Å². The lowest BCUT2D eigenvalue weighted by Crippen LogP contribution is -1.89. The molecular weight excluding hydrogens is 192 g/mol. The van der Waals surface area contributed by atoms with Gasteiger partial charge in [0.25, 0.3) is 5.71 Å². The summed E-state index contributed by atoms with van der Waals surface area (Å²) in [6.07, 6.45) is 1.29. The third-order valence-corrected chi connectivity index (χ3v) is 2.31. The first-order valence-corrected chi connectivity index (χ1v) is 4.62. The molecular formula is C7H6N2O3S. The fraction of sp³-hybridized carbons (Fsp3) is 0.143. The normalized spacial score (nSPS) is 13.4. The van der Waals surface area contributed by atoms with E-state index in [0.29, 0.717) is 16.8 Å². The minimum atomic E-state index is -2.01. The lowest BCUT2D eigenvalue weighted by molar-refractivity contribution is 0.442. The van der Waals surface area contributed by atoms with Gasteiger partial charge in [-0.25, -0.2) is 9.19 Å². The smallest absolute Gasteiger partial charge is 0.257 e. The van der Waals surface area contributed by atoms with Crippen LogP contribution < -0.4 is 0 Å². The number of pyridine rings is 1. The van der Waals surface area contributed by atoms with E-state index in [1.54, 1.807) is 13.0 Å². The van der Waals surface area contributed by atoms with Gasteiger partial charge in [-0.2, -0.15) is 0 Å². The molecule has 2 aromatic rings. The van der Waals surface area contributed by atoms with Crippen molar-refractivity contribution >= 4 is 22.2 Å². The standard InChI is InChI=1S/C7H6N2O3S/c1-4-6-2-5(13(10)11)3-8-7(6)12-9-4/h2-3H,1H3,(H,10,11). The monoisotopic (exact) mass is 198 g/mol. The van der Waals surface area contributed by atoms with Gasteiger partial charge in [-0.15, -0.1) is 0 Å². The van der Waals surface area contributed by atoms with Gasteiger partial charge in [-0.05, 0) is 13.0 Å². The van der Waals surface area contributed by atoms with Crippen LogP contribution in [0.3, 0.4) is 0 Å². The van der Waals surface area contributed by atoms with Crippen LogP contribution in [-0.4, -0.2) is 18.9 Å². The number of aromatic nitrogens is 2. The van der Waals surface area contributed by atoms with Crippen molar-refractivity contribution in [3.8, 4) is 0 Å². The lowest BCUT2D eigenvalue weighted by atomic mass is 10.3. The molecule has 0 aliphatic rings. The molecule has 13 heavy (non-hydrogen) atoms. The predicted molar refractivity (Wildman–Crippen MR) is 45.6 cm³/mol. The number of nitrogens with zero attached hydrogens (tertiary/aromatic N) is 2. The minimum Gasteiger partial charge on any atom is -0.336 e. The summed E-state index contributed by atoms with van der Waals surface area (Å²) in [5.74, 6) is 0. The van der Waals surface area contributed by atoms with E-state index in [4.69, 9.17) is 9.08 Å². The van der Waals surface area contributed by atoms with Crippen LogP contribution >= 0.6 is 0 Å². The van der Waals surface area contributed by atoms with Crippen molar-refractivity contribution in [2.75, 3.05) is 0 Å². The quantitative estimate of drug-likeness (QED) is 0.694. The number of fused-ring (bicyclic) bond motifs is 1. The molecule has 0 aliphatic carbocycles. The molecule has 0 radical (unpaired) electrons. The summed E-state index contributed by atoms with van der Waals surface area (Å²) >= 11 is -2.01. The Morgan fingerprint density at radius 2 is 2.38 bits per heavy atom. The second kappa shape index (κ2) is 2.90. The average Bonchev–Trinajstić information content (AvgIpc) is 2.47. The summed E-state index contributed by atoms with van der Waals surface area (Å²) in [5, 5.41) is 4.34. The largest absolute Gasteiger partial charge is 0.336 e. The number of rotatable bonds is 1. The van der Waals surface area contributed by atoms with Crippen LogP contribution in [0.15, 0.2) is 21.7 Å². The van der Waals surface area contributed by atoms with Crippen molar-refractivity contribution in [2.45, 2.75) is 11.8 Å². The summed E-state index contributed by atoms with van der Waals surface area (Å²) in [4.78, 5) is 4.09. The number of aryl methyl sites for hydroxylation is 1. The molecule has 0 aliphatic heterocycles. The number of hydrogen-bond donors (Lipinski definition) is 1. The molecule has 68 valence electrons. The summed E-state index contributed by atoms with van der Waals surface area (Å²) in [5.41, 5.74) is 1.04. The lowest BCUT2D eigenvalue weighted by Gasteiger charge is -1.92. The molecule has 0 saturated heterocycles. The highest BCUT2D eigenvalue weighted by atomic mass is 32.2. The summed E-state index contributed by atoms with van der Waals surface area (Å²) in [6.45, 7) is 1.75. The topological polar surface area (TPSA) is 76.2 Å². The molecule has 2 rings (SSSR count). The molecule has 0 fully saturated rings. The molecule has 0 aromatic carbocycles. The fourth-order valence-corrected chi connectivity index (χ4v) is 1.38. The summed E-state index contributed by atoms with van der Waals surface area (Å²) in [7, 11) is 0. The Morgan fingerprint density at radius 3 is 3.08 bits per heavy atom. The van der Waals surface area contributed by atoms with E-state index in [1.807, 2.05) is 0 Å². The SMILES string of the molecule is Cc1noc2ncc(S(=O)O)cc12. The molecule has 6 heteroatoms. The molecule has 1 atom stereocenters. The molecule has 1 N–H and O–H groups in total. The van der Waals surface area contributed by atoms with Gasteiger partial charge in [-0.1, -0.05) is 5.16 Å².